The average molecular weight is 201 g/mol. The molecular weight excluding hydrogens is 178 g/mol. The highest BCUT2D eigenvalue weighted by Gasteiger charge is 1.91. The predicted octanol–water partition coefficient (Wildman–Crippen LogP) is 3.30. The number of ether oxygens (including phenoxy) is 1. The van der Waals surface area contributed by atoms with E-state index in [-0.39, 0.29) is 5.97 Å². The van der Waals surface area contributed by atoms with Gasteiger partial charge in [0.2, 0.25) is 0 Å². The van der Waals surface area contributed by atoms with Crippen molar-refractivity contribution in [2.75, 3.05) is 6.61 Å². The summed E-state index contributed by atoms with van der Waals surface area (Å²) in [7, 11) is 0. The van der Waals surface area contributed by atoms with Gasteiger partial charge in [-0.1, -0.05) is 27.7 Å². The molecule has 0 heterocycles. The summed E-state index contributed by atoms with van der Waals surface area (Å²) in [6.07, 6.45) is 2.14. The first kappa shape index (κ1) is 18.7. The number of rotatable bonds is 4. The number of nitriles is 1. The minimum Gasteiger partial charge on any atom is -0.466 e. The van der Waals surface area contributed by atoms with Crippen molar-refractivity contribution in [1.29, 1.82) is 5.26 Å². The number of nitrogens with zero attached hydrogens (tertiary/aromatic N) is 1. The van der Waals surface area contributed by atoms with Crippen molar-refractivity contribution in [3.8, 4) is 6.07 Å². The van der Waals surface area contributed by atoms with Crippen LogP contribution in [-0.2, 0) is 9.53 Å². The molecule has 0 atom stereocenters. The first-order chi connectivity index (χ1) is 6.77. The van der Waals surface area contributed by atoms with Crippen LogP contribution in [0.5, 0.6) is 0 Å². The van der Waals surface area contributed by atoms with Crippen molar-refractivity contribution in [3.63, 3.8) is 0 Å². The van der Waals surface area contributed by atoms with Crippen LogP contribution in [-0.4, -0.2) is 12.6 Å². The van der Waals surface area contributed by atoms with E-state index in [2.05, 4.69) is 4.74 Å². The average Bonchev–Trinajstić information content (AvgIpc) is 2.23. The van der Waals surface area contributed by atoms with Crippen molar-refractivity contribution in [3.05, 3.63) is 0 Å². The summed E-state index contributed by atoms with van der Waals surface area (Å²) < 4.78 is 4.64. The summed E-state index contributed by atoms with van der Waals surface area (Å²) >= 11 is 0. The molecule has 3 heteroatoms. The Morgan fingerprint density at radius 1 is 1.21 bits per heavy atom. The molecule has 0 aromatic rings. The fraction of sp³-hybridized carbons (Fsp3) is 0.818. The molecule has 0 fully saturated rings. The van der Waals surface area contributed by atoms with Crippen LogP contribution in [0.4, 0.5) is 0 Å². The van der Waals surface area contributed by atoms with Crippen LogP contribution in [0.25, 0.3) is 0 Å². The van der Waals surface area contributed by atoms with Crippen LogP contribution in [0.3, 0.4) is 0 Å². The Labute approximate surface area is 88.1 Å². The zero-order valence-corrected chi connectivity index (χ0v) is 10.1. The Morgan fingerprint density at radius 2 is 1.71 bits per heavy atom. The van der Waals surface area contributed by atoms with Gasteiger partial charge >= 0.3 is 5.97 Å². The van der Waals surface area contributed by atoms with Crippen molar-refractivity contribution in [1.82, 2.24) is 0 Å². The van der Waals surface area contributed by atoms with E-state index < -0.39 is 0 Å². The molecule has 0 amide bonds. The molecule has 84 valence electrons. The third-order valence-electron chi connectivity index (χ3n) is 0.988. The van der Waals surface area contributed by atoms with E-state index in [0.29, 0.717) is 13.0 Å². The minimum absolute atomic E-state index is 0.253. The van der Waals surface area contributed by atoms with Gasteiger partial charge < -0.3 is 4.74 Å². The van der Waals surface area contributed by atoms with Gasteiger partial charge in [-0.3, -0.25) is 4.79 Å². The molecule has 0 saturated carbocycles. The predicted molar refractivity (Wildman–Crippen MR) is 58.8 cm³/mol. The van der Waals surface area contributed by atoms with Crippen molar-refractivity contribution >= 4 is 5.97 Å². The van der Waals surface area contributed by atoms with Crippen LogP contribution in [0.1, 0.15) is 53.9 Å². The summed E-state index contributed by atoms with van der Waals surface area (Å²) in [6.45, 7) is 9.82. The number of carbonyl (C=O) groups excluding carboxylic acids is 1. The highest BCUT2D eigenvalue weighted by atomic mass is 16.5. The number of esters is 1. The Hall–Kier alpha value is -1.04. The van der Waals surface area contributed by atoms with Gasteiger partial charge in [-0.05, 0) is 12.8 Å². The molecule has 0 aliphatic heterocycles. The first-order valence-corrected chi connectivity index (χ1v) is 5.27. The third kappa shape index (κ3) is 30.6. The summed E-state index contributed by atoms with van der Waals surface area (Å²) in [5.74, 6) is -0.253. The molecule has 0 aromatic heterocycles. The number of hydrogen-bond donors (Lipinski definition) is 0. The highest BCUT2D eigenvalue weighted by Crippen LogP contribution is 1.93. The Balaban J connectivity index is -0.000000266. The fourth-order valence-corrected chi connectivity index (χ4v) is 0.522. The lowest BCUT2D eigenvalue weighted by molar-refractivity contribution is -0.141. The van der Waals surface area contributed by atoms with Crippen LogP contribution in [0.2, 0.25) is 0 Å². The smallest absolute Gasteiger partial charge is 0.302 e. The zero-order valence-electron chi connectivity index (χ0n) is 10.1. The van der Waals surface area contributed by atoms with E-state index in [1.54, 1.807) is 0 Å². The molecule has 0 aliphatic rings. The van der Waals surface area contributed by atoms with Crippen LogP contribution < -0.4 is 0 Å². The van der Waals surface area contributed by atoms with E-state index in [0.717, 1.165) is 12.8 Å². The number of hydrogen-bond acceptors (Lipinski definition) is 3. The van der Waals surface area contributed by atoms with Crippen LogP contribution in [0.15, 0.2) is 0 Å². The van der Waals surface area contributed by atoms with E-state index in [4.69, 9.17) is 5.26 Å². The van der Waals surface area contributed by atoms with Gasteiger partial charge in [-0.2, -0.15) is 5.26 Å². The molecule has 3 nitrogen and oxygen atoms in total. The Morgan fingerprint density at radius 3 is 2.07 bits per heavy atom. The second-order valence-corrected chi connectivity index (χ2v) is 1.96. The molecule has 0 bridgehead atoms. The highest BCUT2D eigenvalue weighted by molar-refractivity contribution is 5.65. The van der Waals surface area contributed by atoms with Gasteiger partial charge in [0.25, 0.3) is 0 Å². The first-order valence-electron chi connectivity index (χ1n) is 5.27. The number of carbonyl (C=O) groups is 1. The lowest BCUT2D eigenvalue weighted by Gasteiger charge is -1.97. The Bertz CT molecular complexity index is 139. The maximum absolute atomic E-state index is 10.2. The van der Waals surface area contributed by atoms with E-state index in [1.807, 2.05) is 33.8 Å². The van der Waals surface area contributed by atoms with Crippen molar-refractivity contribution in [2.45, 2.75) is 53.9 Å². The second-order valence-electron chi connectivity index (χ2n) is 1.96. The van der Waals surface area contributed by atoms with Crippen LogP contribution >= 0.6 is 0 Å². The maximum atomic E-state index is 10.2. The third-order valence-corrected chi connectivity index (χ3v) is 0.988. The van der Waals surface area contributed by atoms with Crippen molar-refractivity contribution < 1.29 is 9.53 Å². The molecular formula is C11H23NO2. The molecule has 0 aromatic carbocycles. The molecule has 14 heavy (non-hydrogen) atoms. The standard InChI is InChI=1S/C7H11NO2.2C2H6/c1-7(9)10-6-4-2-3-5-8;2*1-2/h2-4,6H2,1H3;2*1-2H3. The monoisotopic (exact) mass is 201 g/mol. The SMILES string of the molecule is CC.CC.CC(=O)OCCCCC#N. The molecule has 0 radical (unpaired) electrons. The molecule has 0 spiro atoms. The van der Waals surface area contributed by atoms with Gasteiger partial charge in [0.15, 0.2) is 0 Å². The van der Waals surface area contributed by atoms with E-state index in [9.17, 15) is 4.79 Å². The van der Waals surface area contributed by atoms with Gasteiger partial charge in [0.1, 0.15) is 0 Å². The molecule has 0 rings (SSSR count). The fourth-order valence-electron chi connectivity index (χ4n) is 0.522. The largest absolute Gasteiger partial charge is 0.466 e. The molecule has 0 N–H and O–H groups in total. The van der Waals surface area contributed by atoms with Crippen LogP contribution in [0, 0.1) is 11.3 Å². The normalized spacial score (nSPS) is 6.86. The summed E-state index contributed by atoms with van der Waals surface area (Å²) in [5.41, 5.74) is 0. The quantitative estimate of drug-likeness (QED) is 0.518. The van der Waals surface area contributed by atoms with Gasteiger partial charge in [-0.15, -0.1) is 0 Å². The van der Waals surface area contributed by atoms with Crippen molar-refractivity contribution in [2.24, 2.45) is 0 Å². The topological polar surface area (TPSA) is 50.1 Å². The minimum atomic E-state index is -0.253. The molecule has 0 saturated heterocycles. The molecule has 0 aliphatic carbocycles. The lowest BCUT2D eigenvalue weighted by atomic mass is 10.3. The van der Waals surface area contributed by atoms with E-state index in [1.165, 1.54) is 6.92 Å². The summed E-state index contributed by atoms with van der Waals surface area (Å²) in [6, 6.07) is 2.02. The Kier molecular flexibility index (Phi) is 30.3. The van der Waals surface area contributed by atoms with Gasteiger partial charge in [0.05, 0.1) is 12.7 Å². The van der Waals surface area contributed by atoms with Gasteiger partial charge in [-0.25, -0.2) is 0 Å². The zero-order chi connectivity index (χ0) is 11.8. The summed E-state index contributed by atoms with van der Waals surface area (Å²) in [5, 5.41) is 8.12. The second kappa shape index (κ2) is 22.7. The van der Waals surface area contributed by atoms with E-state index >= 15 is 0 Å². The van der Waals surface area contributed by atoms with Gasteiger partial charge in [0, 0.05) is 13.3 Å². The maximum Gasteiger partial charge on any atom is 0.302 e. The lowest BCUT2D eigenvalue weighted by Crippen LogP contribution is -1.99. The molecule has 0 unspecified atom stereocenters. The number of unbranched alkanes of at least 4 members (excludes halogenated alkanes) is 2. The summed E-state index contributed by atoms with van der Waals surface area (Å²) in [4.78, 5) is 10.2.